The van der Waals surface area contributed by atoms with Gasteiger partial charge in [0.05, 0.1) is 18.5 Å². The number of likely N-dealkylation sites (tertiary alicyclic amines) is 1. The van der Waals surface area contributed by atoms with E-state index in [1.165, 1.54) is 5.56 Å². The van der Waals surface area contributed by atoms with Gasteiger partial charge in [-0.3, -0.25) is 9.59 Å². The lowest BCUT2D eigenvalue weighted by molar-refractivity contribution is -0.135. The molecule has 2 amide bonds. The first-order chi connectivity index (χ1) is 13.1. The Bertz CT molecular complexity index is 875. The monoisotopic (exact) mass is 360 g/mol. The van der Waals surface area contributed by atoms with Crippen LogP contribution in [-0.2, 0) is 9.59 Å². The smallest absolute Gasteiger partial charge is 0.225 e. The van der Waals surface area contributed by atoms with Crippen LogP contribution in [0, 0.1) is 0 Å². The summed E-state index contributed by atoms with van der Waals surface area (Å²) in [5, 5.41) is 0. The zero-order chi connectivity index (χ0) is 18.8. The molecule has 2 aromatic carbocycles. The van der Waals surface area contributed by atoms with E-state index in [0.717, 1.165) is 30.5 Å². The number of hydrogen-bond acceptors (Lipinski definition) is 2. The molecule has 4 heteroatoms. The van der Waals surface area contributed by atoms with Crippen molar-refractivity contribution in [3.05, 3.63) is 77.5 Å². The lowest BCUT2D eigenvalue weighted by Crippen LogP contribution is -2.37. The molecule has 0 spiro atoms. The fourth-order valence-corrected chi connectivity index (χ4v) is 4.28. The fraction of sp³-hybridized carbons (Fsp3) is 0.304. The molecule has 0 bridgehead atoms. The molecule has 2 aliphatic rings. The molecule has 138 valence electrons. The average Bonchev–Trinajstić information content (AvgIpc) is 3.18. The van der Waals surface area contributed by atoms with Crippen LogP contribution in [0.25, 0.3) is 6.08 Å². The Hall–Kier alpha value is -2.88. The van der Waals surface area contributed by atoms with Crippen LogP contribution < -0.4 is 0 Å². The van der Waals surface area contributed by atoms with Gasteiger partial charge < -0.3 is 9.80 Å². The number of amides is 2. The van der Waals surface area contributed by atoms with Crippen molar-refractivity contribution in [1.82, 2.24) is 9.80 Å². The molecule has 27 heavy (non-hydrogen) atoms. The van der Waals surface area contributed by atoms with Crippen molar-refractivity contribution >= 4 is 17.9 Å². The van der Waals surface area contributed by atoms with Gasteiger partial charge in [0.2, 0.25) is 11.8 Å². The predicted octanol–water partition coefficient (Wildman–Crippen LogP) is 4.31. The lowest BCUT2D eigenvalue weighted by atomic mass is 9.93. The van der Waals surface area contributed by atoms with E-state index >= 15 is 0 Å². The van der Waals surface area contributed by atoms with E-state index in [2.05, 4.69) is 12.1 Å². The summed E-state index contributed by atoms with van der Waals surface area (Å²) in [6, 6.07) is 18.1. The van der Waals surface area contributed by atoms with Crippen molar-refractivity contribution < 1.29 is 9.59 Å². The minimum atomic E-state index is -0.242. The van der Waals surface area contributed by atoms with Gasteiger partial charge in [0.15, 0.2) is 0 Å². The second-order valence-electron chi connectivity index (χ2n) is 7.25. The topological polar surface area (TPSA) is 40.6 Å². The maximum atomic E-state index is 13.2. The maximum absolute atomic E-state index is 13.2. The van der Waals surface area contributed by atoms with Gasteiger partial charge in [-0.25, -0.2) is 0 Å². The maximum Gasteiger partial charge on any atom is 0.225 e. The highest BCUT2D eigenvalue weighted by Crippen LogP contribution is 2.37. The van der Waals surface area contributed by atoms with E-state index in [1.54, 1.807) is 18.0 Å². The van der Waals surface area contributed by atoms with Gasteiger partial charge in [-0.1, -0.05) is 54.6 Å². The second kappa shape index (κ2) is 7.39. The minimum Gasteiger partial charge on any atom is -0.336 e. The molecule has 4 rings (SSSR count). The number of carbonyl (C=O) groups is 2. The SMILES string of the molecule is CC(=O)N1C=Cc2ccccc2C1CC(=O)N1CCCC1c1ccccc1. The quantitative estimate of drug-likeness (QED) is 0.818. The Balaban J connectivity index is 1.59. The zero-order valence-corrected chi connectivity index (χ0v) is 15.5. The standard InChI is InChI=1S/C23H24N2O2/c1-17(26)24-15-13-18-8-5-6-11-20(18)22(24)16-23(27)25-14-7-12-21(25)19-9-3-2-4-10-19/h2-6,8-11,13,15,21-22H,7,12,14,16H2,1H3. The Labute approximate surface area is 160 Å². The first-order valence-electron chi connectivity index (χ1n) is 9.55. The lowest BCUT2D eigenvalue weighted by Gasteiger charge is -2.34. The summed E-state index contributed by atoms with van der Waals surface area (Å²) in [6.45, 7) is 2.33. The highest BCUT2D eigenvalue weighted by atomic mass is 16.2. The fourth-order valence-electron chi connectivity index (χ4n) is 4.28. The molecular formula is C23H24N2O2. The largest absolute Gasteiger partial charge is 0.336 e. The van der Waals surface area contributed by atoms with Crippen LogP contribution in [0.4, 0.5) is 0 Å². The molecule has 1 saturated heterocycles. The summed E-state index contributed by atoms with van der Waals surface area (Å²) in [7, 11) is 0. The van der Waals surface area contributed by atoms with Gasteiger partial charge in [0.25, 0.3) is 0 Å². The highest BCUT2D eigenvalue weighted by Gasteiger charge is 2.34. The van der Waals surface area contributed by atoms with Crippen LogP contribution in [0.5, 0.6) is 0 Å². The van der Waals surface area contributed by atoms with Crippen LogP contribution in [0.1, 0.15) is 55.0 Å². The Morgan fingerprint density at radius 2 is 1.78 bits per heavy atom. The number of rotatable bonds is 3. The summed E-state index contributed by atoms with van der Waals surface area (Å²) < 4.78 is 0. The molecule has 0 aliphatic carbocycles. The molecule has 1 fully saturated rings. The third-order valence-corrected chi connectivity index (χ3v) is 5.59. The average molecular weight is 360 g/mol. The van der Waals surface area contributed by atoms with E-state index < -0.39 is 0 Å². The summed E-state index contributed by atoms with van der Waals surface area (Å²) in [5.41, 5.74) is 3.31. The van der Waals surface area contributed by atoms with Crippen LogP contribution in [0.3, 0.4) is 0 Å². The van der Waals surface area contributed by atoms with E-state index in [0.29, 0.717) is 6.42 Å². The Morgan fingerprint density at radius 1 is 1.04 bits per heavy atom. The molecule has 0 aromatic heterocycles. The van der Waals surface area contributed by atoms with E-state index in [4.69, 9.17) is 0 Å². The van der Waals surface area contributed by atoms with Crippen LogP contribution in [0.2, 0.25) is 0 Å². The predicted molar refractivity (Wildman–Crippen MR) is 105 cm³/mol. The molecule has 0 N–H and O–H groups in total. The van der Waals surface area contributed by atoms with Gasteiger partial charge in [-0.15, -0.1) is 0 Å². The first kappa shape index (κ1) is 17.5. The van der Waals surface area contributed by atoms with E-state index in [1.807, 2.05) is 53.4 Å². The van der Waals surface area contributed by atoms with E-state index in [-0.39, 0.29) is 23.9 Å². The van der Waals surface area contributed by atoms with Crippen molar-refractivity contribution in [1.29, 1.82) is 0 Å². The normalized spacial score (nSPS) is 21.2. The molecule has 4 nitrogen and oxygen atoms in total. The van der Waals surface area contributed by atoms with Crippen molar-refractivity contribution in [3.8, 4) is 0 Å². The Morgan fingerprint density at radius 3 is 2.56 bits per heavy atom. The molecule has 2 unspecified atom stereocenters. The van der Waals surface area contributed by atoms with Crippen LogP contribution in [-0.4, -0.2) is 28.2 Å². The first-order valence-corrected chi connectivity index (χ1v) is 9.55. The van der Waals surface area contributed by atoms with Gasteiger partial charge in [-0.2, -0.15) is 0 Å². The third kappa shape index (κ3) is 3.39. The van der Waals surface area contributed by atoms with Crippen molar-refractivity contribution in [3.63, 3.8) is 0 Å². The zero-order valence-electron chi connectivity index (χ0n) is 15.5. The Kier molecular flexibility index (Phi) is 4.80. The third-order valence-electron chi connectivity index (χ3n) is 5.59. The van der Waals surface area contributed by atoms with Gasteiger partial charge >= 0.3 is 0 Å². The van der Waals surface area contributed by atoms with Gasteiger partial charge in [0.1, 0.15) is 0 Å². The molecule has 0 radical (unpaired) electrons. The molecule has 2 aliphatic heterocycles. The molecule has 2 heterocycles. The number of carbonyl (C=O) groups excluding carboxylic acids is 2. The number of benzene rings is 2. The number of hydrogen-bond donors (Lipinski definition) is 0. The van der Waals surface area contributed by atoms with Crippen molar-refractivity contribution in [2.75, 3.05) is 6.54 Å². The van der Waals surface area contributed by atoms with Crippen LogP contribution in [0.15, 0.2) is 60.8 Å². The number of nitrogens with zero attached hydrogens (tertiary/aromatic N) is 2. The minimum absolute atomic E-state index is 0.0421. The number of fused-ring (bicyclic) bond motifs is 1. The molecule has 2 atom stereocenters. The summed E-state index contributed by atoms with van der Waals surface area (Å²) in [5.74, 6) is 0.0716. The summed E-state index contributed by atoms with van der Waals surface area (Å²) in [6.07, 6.45) is 6.07. The molecule has 2 aromatic rings. The van der Waals surface area contributed by atoms with E-state index in [9.17, 15) is 9.59 Å². The highest BCUT2D eigenvalue weighted by molar-refractivity contribution is 5.82. The summed E-state index contributed by atoms with van der Waals surface area (Å²) >= 11 is 0. The van der Waals surface area contributed by atoms with Gasteiger partial charge in [0, 0.05) is 19.7 Å². The molecular weight excluding hydrogens is 336 g/mol. The van der Waals surface area contributed by atoms with Crippen molar-refractivity contribution in [2.24, 2.45) is 0 Å². The van der Waals surface area contributed by atoms with Gasteiger partial charge in [-0.05, 0) is 35.6 Å². The summed E-state index contributed by atoms with van der Waals surface area (Å²) in [4.78, 5) is 29.1. The molecule has 0 saturated carbocycles. The van der Waals surface area contributed by atoms with Crippen LogP contribution >= 0.6 is 0 Å². The van der Waals surface area contributed by atoms with Crippen molar-refractivity contribution in [2.45, 2.75) is 38.3 Å². The second-order valence-corrected chi connectivity index (χ2v) is 7.25.